The molecular formula is C20H16BrCl2NO. The molecule has 0 bridgehead atoms. The number of para-hydroxylation sites is 2. The highest BCUT2D eigenvalue weighted by atomic mass is 79.9. The van der Waals surface area contributed by atoms with Gasteiger partial charge in [0.1, 0.15) is 5.75 Å². The summed E-state index contributed by atoms with van der Waals surface area (Å²) in [6.45, 7) is 0.589. The average Bonchev–Trinajstić information content (AvgIpc) is 2.64. The Kier molecular flexibility index (Phi) is 6.24. The van der Waals surface area contributed by atoms with Gasteiger partial charge in [-0.1, -0.05) is 51.3 Å². The molecule has 0 radical (unpaired) electrons. The average molecular weight is 437 g/mol. The topological polar surface area (TPSA) is 12.5 Å². The van der Waals surface area contributed by atoms with Crippen molar-refractivity contribution in [3.63, 3.8) is 0 Å². The summed E-state index contributed by atoms with van der Waals surface area (Å²) in [5, 5.41) is 2.16. The maximum Gasteiger partial charge on any atom is 0.143 e. The monoisotopic (exact) mass is 435 g/mol. The Labute approximate surface area is 166 Å². The minimum Gasteiger partial charge on any atom is -0.491 e. The minimum absolute atomic E-state index is 0.589. The van der Waals surface area contributed by atoms with Crippen molar-refractivity contribution in [3.8, 4) is 5.75 Å². The smallest absolute Gasteiger partial charge is 0.143 e. The van der Waals surface area contributed by atoms with Crippen LogP contribution in [0.1, 0.15) is 0 Å². The van der Waals surface area contributed by atoms with Gasteiger partial charge in [-0.3, -0.25) is 0 Å². The summed E-state index contributed by atoms with van der Waals surface area (Å²) >= 11 is 15.5. The second kappa shape index (κ2) is 8.61. The molecule has 0 heterocycles. The zero-order valence-electron chi connectivity index (χ0n) is 13.3. The first-order valence-electron chi connectivity index (χ1n) is 7.78. The van der Waals surface area contributed by atoms with Crippen LogP contribution in [0.15, 0.2) is 72.8 Å². The Bertz CT molecular complexity index is 776. The third-order valence-electron chi connectivity index (χ3n) is 3.61. The summed E-state index contributed by atoms with van der Waals surface area (Å²) < 4.78 is 5.92. The van der Waals surface area contributed by atoms with Gasteiger partial charge in [0.15, 0.2) is 0 Å². The van der Waals surface area contributed by atoms with Crippen molar-refractivity contribution in [2.45, 2.75) is 0 Å². The van der Waals surface area contributed by atoms with Crippen molar-refractivity contribution in [1.82, 2.24) is 0 Å². The third-order valence-corrected chi connectivity index (χ3v) is 4.44. The first-order valence-corrected chi connectivity index (χ1v) is 9.66. The van der Waals surface area contributed by atoms with Gasteiger partial charge in [-0.15, -0.1) is 0 Å². The highest BCUT2D eigenvalue weighted by Crippen LogP contribution is 2.40. The van der Waals surface area contributed by atoms with E-state index in [0.717, 1.165) is 28.1 Å². The lowest BCUT2D eigenvalue weighted by molar-refractivity contribution is 0.346. The number of rotatable bonds is 6. The van der Waals surface area contributed by atoms with Crippen LogP contribution in [0, 0.1) is 0 Å². The van der Waals surface area contributed by atoms with E-state index in [0.29, 0.717) is 16.7 Å². The molecule has 3 aromatic rings. The number of hydrogen-bond acceptors (Lipinski definition) is 2. The predicted octanol–water partition coefficient (Wildman–Crippen LogP) is 7.24. The van der Waals surface area contributed by atoms with E-state index in [1.165, 1.54) is 0 Å². The Morgan fingerprint density at radius 1 is 0.760 bits per heavy atom. The summed E-state index contributed by atoms with van der Waals surface area (Å²) in [4.78, 5) is 2.12. The molecule has 2 nitrogen and oxygen atoms in total. The van der Waals surface area contributed by atoms with Crippen LogP contribution in [0.2, 0.25) is 10.0 Å². The SMILES string of the molecule is Clc1ccc(N(c2ccc(Cl)cc2)c2ccccc2OCCBr)cc1. The zero-order valence-corrected chi connectivity index (χ0v) is 16.4. The number of alkyl halides is 1. The van der Waals surface area contributed by atoms with Gasteiger partial charge >= 0.3 is 0 Å². The minimum atomic E-state index is 0.589. The summed E-state index contributed by atoms with van der Waals surface area (Å²) in [5.74, 6) is 0.812. The molecule has 0 amide bonds. The number of ether oxygens (including phenoxy) is 1. The Balaban J connectivity index is 2.11. The van der Waals surface area contributed by atoms with E-state index in [1.807, 2.05) is 72.8 Å². The number of anilines is 3. The highest BCUT2D eigenvalue weighted by molar-refractivity contribution is 9.09. The number of nitrogens with zero attached hydrogens (tertiary/aromatic N) is 1. The van der Waals surface area contributed by atoms with Gasteiger partial charge < -0.3 is 9.64 Å². The molecule has 0 N–H and O–H groups in total. The van der Waals surface area contributed by atoms with Crippen LogP contribution >= 0.6 is 39.1 Å². The first-order chi connectivity index (χ1) is 12.2. The van der Waals surface area contributed by atoms with Crippen molar-refractivity contribution in [3.05, 3.63) is 82.8 Å². The van der Waals surface area contributed by atoms with E-state index >= 15 is 0 Å². The standard InChI is InChI=1S/C20H16BrCl2NO/c21-13-14-25-20-4-2-1-3-19(20)24(17-9-5-15(22)6-10-17)18-11-7-16(23)8-12-18/h1-12H,13-14H2. The molecule has 25 heavy (non-hydrogen) atoms. The van der Waals surface area contributed by atoms with Gasteiger partial charge in [0.05, 0.1) is 12.3 Å². The van der Waals surface area contributed by atoms with Crippen molar-refractivity contribution in [2.24, 2.45) is 0 Å². The lowest BCUT2D eigenvalue weighted by Gasteiger charge is -2.27. The number of benzene rings is 3. The summed E-state index contributed by atoms with van der Waals surface area (Å²) in [6, 6.07) is 23.4. The van der Waals surface area contributed by atoms with E-state index < -0.39 is 0 Å². The first kappa shape index (κ1) is 18.1. The fourth-order valence-electron chi connectivity index (χ4n) is 2.52. The van der Waals surface area contributed by atoms with Crippen LogP contribution in [0.4, 0.5) is 17.1 Å². The molecule has 0 aliphatic carbocycles. The third kappa shape index (κ3) is 4.49. The Hall–Kier alpha value is -1.68. The molecule has 0 saturated carbocycles. The second-order valence-electron chi connectivity index (χ2n) is 5.29. The van der Waals surface area contributed by atoms with E-state index in [2.05, 4.69) is 20.8 Å². The van der Waals surface area contributed by atoms with Gasteiger partial charge in [0.25, 0.3) is 0 Å². The van der Waals surface area contributed by atoms with E-state index in [4.69, 9.17) is 27.9 Å². The molecule has 0 unspecified atom stereocenters. The van der Waals surface area contributed by atoms with Crippen LogP contribution in [-0.2, 0) is 0 Å². The van der Waals surface area contributed by atoms with Gasteiger partial charge in [0, 0.05) is 26.8 Å². The van der Waals surface area contributed by atoms with Gasteiger partial charge in [-0.05, 0) is 60.7 Å². The van der Waals surface area contributed by atoms with Crippen molar-refractivity contribution >= 4 is 56.2 Å². The second-order valence-corrected chi connectivity index (χ2v) is 6.96. The molecule has 0 aliphatic rings. The molecule has 3 rings (SSSR count). The van der Waals surface area contributed by atoms with E-state index in [1.54, 1.807) is 0 Å². The molecular weight excluding hydrogens is 421 g/mol. The Morgan fingerprint density at radius 3 is 1.80 bits per heavy atom. The fourth-order valence-corrected chi connectivity index (χ4v) is 2.93. The maximum atomic E-state index is 6.06. The molecule has 128 valence electrons. The number of hydrogen-bond donors (Lipinski definition) is 0. The molecule has 0 aromatic heterocycles. The fraction of sp³-hybridized carbons (Fsp3) is 0.100. The van der Waals surface area contributed by atoms with E-state index in [9.17, 15) is 0 Å². The molecule has 3 aromatic carbocycles. The molecule has 0 aliphatic heterocycles. The molecule has 0 atom stereocenters. The maximum absolute atomic E-state index is 6.06. The zero-order chi connectivity index (χ0) is 17.6. The summed E-state index contributed by atoms with van der Waals surface area (Å²) in [5.41, 5.74) is 2.93. The summed E-state index contributed by atoms with van der Waals surface area (Å²) in [6.07, 6.45) is 0. The van der Waals surface area contributed by atoms with Crippen molar-refractivity contribution in [2.75, 3.05) is 16.8 Å². The van der Waals surface area contributed by atoms with Crippen LogP contribution in [0.3, 0.4) is 0 Å². The van der Waals surface area contributed by atoms with Crippen LogP contribution in [0.25, 0.3) is 0 Å². The largest absolute Gasteiger partial charge is 0.491 e. The highest BCUT2D eigenvalue weighted by Gasteiger charge is 2.16. The van der Waals surface area contributed by atoms with E-state index in [-0.39, 0.29) is 0 Å². The normalized spacial score (nSPS) is 10.5. The van der Waals surface area contributed by atoms with Crippen LogP contribution in [0.5, 0.6) is 5.75 Å². The quantitative estimate of drug-likeness (QED) is 0.377. The lowest BCUT2D eigenvalue weighted by Crippen LogP contribution is -2.12. The van der Waals surface area contributed by atoms with Gasteiger partial charge in [0.2, 0.25) is 0 Å². The predicted molar refractivity (Wildman–Crippen MR) is 110 cm³/mol. The van der Waals surface area contributed by atoms with Gasteiger partial charge in [-0.25, -0.2) is 0 Å². The van der Waals surface area contributed by atoms with Crippen LogP contribution < -0.4 is 9.64 Å². The molecule has 5 heteroatoms. The Morgan fingerprint density at radius 2 is 1.28 bits per heavy atom. The van der Waals surface area contributed by atoms with Crippen molar-refractivity contribution < 1.29 is 4.74 Å². The summed E-state index contributed by atoms with van der Waals surface area (Å²) in [7, 11) is 0. The van der Waals surface area contributed by atoms with Gasteiger partial charge in [-0.2, -0.15) is 0 Å². The van der Waals surface area contributed by atoms with Crippen LogP contribution in [-0.4, -0.2) is 11.9 Å². The number of halogens is 3. The molecule has 0 spiro atoms. The lowest BCUT2D eigenvalue weighted by atomic mass is 10.2. The molecule has 0 saturated heterocycles. The molecule has 0 fully saturated rings. The van der Waals surface area contributed by atoms with Crippen molar-refractivity contribution in [1.29, 1.82) is 0 Å².